The third-order valence-corrected chi connectivity index (χ3v) is 11.5. The van der Waals surface area contributed by atoms with E-state index in [-0.39, 0.29) is 5.41 Å². The van der Waals surface area contributed by atoms with E-state index in [0.29, 0.717) is 0 Å². The summed E-state index contributed by atoms with van der Waals surface area (Å²) in [6, 6.07) is 41.8. The van der Waals surface area contributed by atoms with Crippen molar-refractivity contribution in [1.82, 2.24) is 9.55 Å². The number of pyridine rings is 1. The number of nitrogens with zero attached hydrogens (tertiary/aromatic N) is 2. The third kappa shape index (κ3) is 3.34. The molecule has 5 aromatic carbocycles. The lowest BCUT2D eigenvalue weighted by Crippen LogP contribution is -2.17. The molecule has 2 aliphatic rings. The summed E-state index contributed by atoms with van der Waals surface area (Å²) in [5, 5.41) is 2.55. The Labute approximate surface area is 253 Å². The van der Waals surface area contributed by atoms with Crippen molar-refractivity contribution in [2.45, 2.75) is 38.8 Å². The van der Waals surface area contributed by atoms with Crippen LogP contribution in [0, 0.1) is 0 Å². The van der Waals surface area contributed by atoms with Gasteiger partial charge >= 0.3 is 0 Å². The van der Waals surface area contributed by atoms with Crippen LogP contribution in [0.2, 0.25) is 0 Å². The van der Waals surface area contributed by atoms with Gasteiger partial charge in [-0.2, -0.15) is 0 Å². The average molecular weight is 575 g/mol. The number of aromatic nitrogens is 2. The number of benzene rings is 5. The highest BCUT2D eigenvalue weighted by Gasteiger charge is 2.41. The minimum absolute atomic E-state index is 0.124. The topological polar surface area (TPSA) is 17.8 Å². The highest BCUT2D eigenvalue weighted by molar-refractivity contribution is 8.05. The highest BCUT2D eigenvalue weighted by atomic mass is 32.2. The van der Waals surface area contributed by atoms with Crippen molar-refractivity contribution in [2.75, 3.05) is 0 Å². The summed E-state index contributed by atoms with van der Waals surface area (Å²) < 4.78 is 2.44. The molecule has 2 aromatic heterocycles. The molecule has 4 heteroatoms. The number of fused-ring (bicyclic) bond motifs is 10. The maximum absolute atomic E-state index is 4.94. The fourth-order valence-electron chi connectivity index (χ4n) is 6.97. The van der Waals surface area contributed by atoms with E-state index in [1.54, 1.807) is 0 Å². The van der Waals surface area contributed by atoms with Gasteiger partial charge in [0.15, 0.2) is 0 Å². The molecular weight excluding hydrogens is 549 g/mol. The minimum Gasteiger partial charge on any atom is -0.307 e. The molecule has 3 heterocycles. The molecular formula is C38H26N2S2. The van der Waals surface area contributed by atoms with Crippen LogP contribution in [0.5, 0.6) is 0 Å². The maximum Gasteiger partial charge on any atom is 0.0703 e. The van der Waals surface area contributed by atoms with Gasteiger partial charge in [0.1, 0.15) is 0 Å². The van der Waals surface area contributed by atoms with Gasteiger partial charge in [-0.05, 0) is 53.1 Å². The van der Waals surface area contributed by atoms with E-state index in [4.69, 9.17) is 4.98 Å². The first-order valence-electron chi connectivity index (χ1n) is 14.3. The summed E-state index contributed by atoms with van der Waals surface area (Å²) in [7, 11) is 0. The maximum atomic E-state index is 4.94. The van der Waals surface area contributed by atoms with Gasteiger partial charge in [0.25, 0.3) is 0 Å². The van der Waals surface area contributed by atoms with Crippen LogP contribution >= 0.6 is 23.5 Å². The molecule has 200 valence electrons. The van der Waals surface area contributed by atoms with E-state index in [0.717, 1.165) is 16.9 Å². The summed E-state index contributed by atoms with van der Waals surface area (Å²) in [5.74, 6) is 0. The van der Waals surface area contributed by atoms with Crippen molar-refractivity contribution >= 4 is 45.3 Å². The molecule has 0 radical (unpaired) electrons. The van der Waals surface area contributed by atoms with Crippen LogP contribution in [-0.4, -0.2) is 9.55 Å². The Morgan fingerprint density at radius 2 is 1.40 bits per heavy atom. The molecule has 0 amide bonds. The van der Waals surface area contributed by atoms with Crippen molar-refractivity contribution in [2.24, 2.45) is 0 Å². The van der Waals surface area contributed by atoms with Crippen molar-refractivity contribution in [3.8, 4) is 28.1 Å². The molecule has 0 saturated carbocycles. The van der Waals surface area contributed by atoms with Crippen LogP contribution in [0.1, 0.15) is 25.0 Å². The van der Waals surface area contributed by atoms with Gasteiger partial charge in [-0.1, -0.05) is 116 Å². The van der Waals surface area contributed by atoms with Gasteiger partial charge in [0.05, 0.1) is 28.6 Å². The molecule has 42 heavy (non-hydrogen) atoms. The first-order chi connectivity index (χ1) is 20.6. The van der Waals surface area contributed by atoms with Crippen LogP contribution in [0.25, 0.3) is 49.9 Å². The molecule has 0 fully saturated rings. The second kappa shape index (κ2) is 8.87. The van der Waals surface area contributed by atoms with Gasteiger partial charge in [-0.15, -0.1) is 0 Å². The van der Waals surface area contributed by atoms with Crippen LogP contribution < -0.4 is 0 Å². The molecule has 7 aromatic rings. The number of hydrogen-bond donors (Lipinski definition) is 0. The lowest BCUT2D eigenvalue weighted by Gasteiger charge is -2.28. The van der Waals surface area contributed by atoms with Gasteiger partial charge in [-0.3, -0.25) is 4.98 Å². The molecule has 1 aliphatic heterocycles. The van der Waals surface area contributed by atoms with Gasteiger partial charge in [0.2, 0.25) is 0 Å². The van der Waals surface area contributed by atoms with Crippen LogP contribution in [0.4, 0.5) is 0 Å². The van der Waals surface area contributed by atoms with Crippen LogP contribution in [-0.2, 0) is 5.41 Å². The van der Waals surface area contributed by atoms with Crippen LogP contribution in [0.15, 0.2) is 141 Å². The summed E-state index contributed by atoms with van der Waals surface area (Å²) in [6.07, 6.45) is 2.03. The molecule has 0 saturated heterocycles. The number of rotatable bonds is 2. The Morgan fingerprint density at radius 1 is 0.643 bits per heavy atom. The van der Waals surface area contributed by atoms with Gasteiger partial charge in [-0.25, -0.2) is 0 Å². The third-order valence-electron chi connectivity index (χ3n) is 8.88. The average Bonchev–Trinajstić information content (AvgIpc) is 3.49. The fourth-order valence-corrected chi connectivity index (χ4v) is 9.53. The SMILES string of the molecule is CC1(C)c2ccc3c4ccccc4n(-c4ccc(-c5ccccc5)nc4)c3c2-c2ccc3c(c21)Sc1ccccc1S3. The molecule has 0 N–H and O–H groups in total. The molecule has 0 bridgehead atoms. The summed E-state index contributed by atoms with van der Waals surface area (Å²) in [4.78, 5) is 10.4. The number of para-hydroxylation sites is 1. The van der Waals surface area contributed by atoms with Crippen molar-refractivity contribution in [1.29, 1.82) is 0 Å². The van der Waals surface area contributed by atoms with E-state index in [2.05, 4.69) is 128 Å². The molecule has 0 spiro atoms. The standard InChI is InChI=1S/C38H26N2S2/c1-38(2)28-19-17-26-25-12-6-7-13-30(25)40(24-16-20-29(39-22-24)23-10-4-3-5-11-23)36(26)34(28)27-18-21-33-37(35(27)38)42-32-15-9-8-14-31(32)41-33/h3-22H,1-2H3. The van der Waals surface area contributed by atoms with E-state index in [1.807, 2.05) is 35.8 Å². The summed E-state index contributed by atoms with van der Waals surface area (Å²) in [5.41, 5.74) is 11.1. The first-order valence-corrected chi connectivity index (χ1v) is 15.9. The lowest BCUT2D eigenvalue weighted by atomic mass is 9.82. The monoisotopic (exact) mass is 574 g/mol. The molecule has 9 rings (SSSR count). The zero-order valence-corrected chi connectivity index (χ0v) is 24.9. The van der Waals surface area contributed by atoms with E-state index < -0.39 is 0 Å². The van der Waals surface area contributed by atoms with E-state index in [1.165, 1.54) is 63.6 Å². The van der Waals surface area contributed by atoms with Crippen LogP contribution in [0.3, 0.4) is 0 Å². The predicted octanol–water partition coefficient (Wildman–Crippen LogP) is 10.8. The quantitative estimate of drug-likeness (QED) is 0.204. The molecule has 0 unspecified atom stereocenters. The first kappa shape index (κ1) is 24.4. The Kier molecular flexibility index (Phi) is 5.15. The molecule has 2 nitrogen and oxygen atoms in total. The second-order valence-electron chi connectivity index (χ2n) is 11.6. The summed E-state index contributed by atoms with van der Waals surface area (Å²) in [6.45, 7) is 4.80. The van der Waals surface area contributed by atoms with Gasteiger partial charge < -0.3 is 4.57 Å². The lowest BCUT2D eigenvalue weighted by molar-refractivity contribution is 0.642. The van der Waals surface area contributed by atoms with Gasteiger partial charge in [0, 0.05) is 46.9 Å². The van der Waals surface area contributed by atoms with E-state index >= 15 is 0 Å². The largest absolute Gasteiger partial charge is 0.307 e. The Balaban J connectivity index is 1.32. The summed E-state index contributed by atoms with van der Waals surface area (Å²) >= 11 is 3.83. The Bertz CT molecular complexity index is 2210. The van der Waals surface area contributed by atoms with Crippen molar-refractivity contribution in [3.05, 3.63) is 133 Å². The Hall–Kier alpha value is -4.25. The molecule has 1 aliphatic carbocycles. The smallest absolute Gasteiger partial charge is 0.0703 e. The zero-order valence-electron chi connectivity index (χ0n) is 23.3. The fraction of sp³-hybridized carbons (Fsp3) is 0.0789. The van der Waals surface area contributed by atoms with Crippen molar-refractivity contribution < 1.29 is 0 Å². The second-order valence-corrected chi connectivity index (χ2v) is 13.7. The minimum atomic E-state index is -0.124. The normalized spacial score (nSPS) is 14.4. The predicted molar refractivity (Wildman–Crippen MR) is 176 cm³/mol. The highest BCUT2D eigenvalue weighted by Crippen LogP contribution is 2.60. The Morgan fingerprint density at radius 3 is 2.21 bits per heavy atom. The van der Waals surface area contributed by atoms with Crippen molar-refractivity contribution in [3.63, 3.8) is 0 Å². The van der Waals surface area contributed by atoms with E-state index in [9.17, 15) is 0 Å². The molecule has 0 atom stereocenters. The number of hydrogen-bond acceptors (Lipinski definition) is 3. The zero-order chi connectivity index (χ0) is 28.0.